The summed E-state index contributed by atoms with van der Waals surface area (Å²) >= 11 is 0. The third kappa shape index (κ3) is 2.55. The van der Waals surface area contributed by atoms with Gasteiger partial charge < -0.3 is 15.2 Å². The minimum atomic E-state index is 0.202. The number of fused-ring (bicyclic) bond motifs is 1. The molecular formula is C15H18N2O2. The molecule has 0 unspecified atom stereocenters. The summed E-state index contributed by atoms with van der Waals surface area (Å²) in [4.78, 5) is 4.43. The molecule has 0 spiro atoms. The second-order valence-electron chi connectivity index (χ2n) is 4.77. The topological polar surface area (TPSA) is 57.4 Å². The molecule has 4 heteroatoms. The van der Waals surface area contributed by atoms with E-state index in [0.29, 0.717) is 12.4 Å². The molecule has 1 aliphatic heterocycles. The van der Waals surface area contributed by atoms with Gasteiger partial charge in [0.2, 0.25) is 5.88 Å². The lowest BCUT2D eigenvalue weighted by Crippen LogP contribution is -2.26. The molecule has 2 aromatic rings. The lowest BCUT2D eigenvalue weighted by atomic mass is 10.1. The quantitative estimate of drug-likeness (QED) is 0.917. The van der Waals surface area contributed by atoms with Crippen LogP contribution in [0.5, 0.6) is 5.88 Å². The first-order chi connectivity index (χ1) is 9.38. The summed E-state index contributed by atoms with van der Waals surface area (Å²) in [6.45, 7) is 2.03. The monoisotopic (exact) mass is 258 g/mol. The molecule has 1 saturated heterocycles. The van der Waals surface area contributed by atoms with E-state index in [0.717, 1.165) is 42.4 Å². The first kappa shape index (κ1) is 12.4. The van der Waals surface area contributed by atoms with Gasteiger partial charge in [0.05, 0.1) is 13.2 Å². The van der Waals surface area contributed by atoms with Crippen molar-refractivity contribution in [3.8, 4) is 5.88 Å². The molecule has 1 aromatic carbocycles. The average molecular weight is 258 g/mol. The van der Waals surface area contributed by atoms with Crippen molar-refractivity contribution < 1.29 is 9.47 Å². The molecule has 0 amide bonds. The maximum Gasteiger partial charge on any atom is 0.221 e. The fraction of sp³-hybridized carbons (Fsp3) is 0.400. The zero-order valence-corrected chi connectivity index (χ0v) is 10.8. The normalized spacial score (nSPS) is 16.7. The lowest BCUT2D eigenvalue weighted by Gasteiger charge is -2.23. The number of hydrogen-bond donors (Lipinski definition) is 1. The Morgan fingerprint density at radius 3 is 2.68 bits per heavy atom. The SMILES string of the molecule is NCc1cnc(OC2CCOCC2)c2ccccc12. The van der Waals surface area contributed by atoms with Gasteiger partial charge in [0, 0.05) is 31.0 Å². The molecule has 2 N–H and O–H groups in total. The minimum Gasteiger partial charge on any atom is -0.474 e. The van der Waals surface area contributed by atoms with Gasteiger partial charge in [-0.25, -0.2) is 4.98 Å². The molecule has 1 fully saturated rings. The fourth-order valence-electron chi connectivity index (χ4n) is 2.43. The minimum absolute atomic E-state index is 0.202. The van der Waals surface area contributed by atoms with E-state index in [9.17, 15) is 0 Å². The van der Waals surface area contributed by atoms with Gasteiger partial charge in [-0.1, -0.05) is 18.2 Å². The zero-order chi connectivity index (χ0) is 13.1. The van der Waals surface area contributed by atoms with Crippen LogP contribution in [-0.4, -0.2) is 24.3 Å². The summed E-state index contributed by atoms with van der Waals surface area (Å²) in [7, 11) is 0. The number of aromatic nitrogens is 1. The summed E-state index contributed by atoms with van der Waals surface area (Å²) in [6, 6.07) is 8.12. The maximum absolute atomic E-state index is 6.04. The van der Waals surface area contributed by atoms with E-state index in [2.05, 4.69) is 11.1 Å². The van der Waals surface area contributed by atoms with E-state index in [-0.39, 0.29) is 6.10 Å². The van der Waals surface area contributed by atoms with Gasteiger partial charge in [-0.3, -0.25) is 0 Å². The smallest absolute Gasteiger partial charge is 0.221 e. The molecule has 0 radical (unpaired) electrons. The van der Waals surface area contributed by atoms with Crippen molar-refractivity contribution in [3.63, 3.8) is 0 Å². The zero-order valence-electron chi connectivity index (χ0n) is 10.8. The molecule has 0 aliphatic carbocycles. The predicted octanol–water partition coefficient (Wildman–Crippen LogP) is 2.25. The van der Waals surface area contributed by atoms with Gasteiger partial charge in [-0.2, -0.15) is 0 Å². The maximum atomic E-state index is 6.04. The van der Waals surface area contributed by atoms with Crippen LogP contribution >= 0.6 is 0 Å². The summed E-state index contributed by atoms with van der Waals surface area (Å²) in [6.07, 6.45) is 3.87. The molecular weight excluding hydrogens is 240 g/mol. The van der Waals surface area contributed by atoms with Crippen LogP contribution in [0.1, 0.15) is 18.4 Å². The molecule has 1 aromatic heterocycles. The van der Waals surface area contributed by atoms with Crippen molar-refractivity contribution in [1.29, 1.82) is 0 Å². The molecule has 0 atom stereocenters. The number of ether oxygens (including phenoxy) is 2. The average Bonchev–Trinajstić information content (AvgIpc) is 2.49. The Balaban J connectivity index is 1.94. The van der Waals surface area contributed by atoms with Crippen molar-refractivity contribution in [2.45, 2.75) is 25.5 Å². The van der Waals surface area contributed by atoms with E-state index >= 15 is 0 Å². The molecule has 1 aliphatic rings. The van der Waals surface area contributed by atoms with E-state index in [1.807, 2.05) is 24.4 Å². The van der Waals surface area contributed by atoms with Crippen molar-refractivity contribution >= 4 is 10.8 Å². The summed E-state index contributed by atoms with van der Waals surface area (Å²) in [5.41, 5.74) is 6.80. The third-order valence-corrected chi connectivity index (χ3v) is 3.51. The van der Waals surface area contributed by atoms with Gasteiger partial charge >= 0.3 is 0 Å². The second-order valence-corrected chi connectivity index (χ2v) is 4.77. The highest BCUT2D eigenvalue weighted by molar-refractivity contribution is 5.89. The van der Waals surface area contributed by atoms with Gasteiger partial charge in [0.25, 0.3) is 0 Å². The highest BCUT2D eigenvalue weighted by Crippen LogP contribution is 2.27. The van der Waals surface area contributed by atoms with Crippen molar-refractivity contribution in [3.05, 3.63) is 36.0 Å². The Morgan fingerprint density at radius 1 is 1.21 bits per heavy atom. The first-order valence-corrected chi connectivity index (χ1v) is 6.69. The first-order valence-electron chi connectivity index (χ1n) is 6.69. The highest BCUT2D eigenvalue weighted by Gasteiger charge is 2.17. The standard InChI is InChI=1S/C15H18N2O2/c16-9-11-10-17-15(14-4-2-1-3-13(11)14)19-12-5-7-18-8-6-12/h1-4,10,12H,5-9,16H2. The lowest BCUT2D eigenvalue weighted by molar-refractivity contribution is 0.0244. The highest BCUT2D eigenvalue weighted by atomic mass is 16.5. The molecule has 0 saturated carbocycles. The number of pyridine rings is 1. The van der Waals surface area contributed by atoms with Crippen LogP contribution in [0.2, 0.25) is 0 Å². The number of nitrogens with two attached hydrogens (primary N) is 1. The Bertz CT molecular complexity index is 565. The predicted molar refractivity (Wildman–Crippen MR) is 74.1 cm³/mol. The van der Waals surface area contributed by atoms with Gasteiger partial charge in [0.1, 0.15) is 6.10 Å². The number of hydrogen-bond acceptors (Lipinski definition) is 4. The van der Waals surface area contributed by atoms with Crippen LogP contribution in [-0.2, 0) is 11.3 Å². The van der Waals surface area contributed by atoms with E-state index in [1.165, 1.54) is 0 Å². The van der Waals surface area contributed by atoms with Crippen molar-refractivity contribution in [2.24, 2.45) is 5.73 Å². The summed E-state index contributed by atoms with van der Waals surface area (Å²) in [5.74, 6) is 0.708. The van der Waals surface area contributed by atoms with E-state index in [1.54, 1.807) is 0 Å². The Kier molecular flexibility index (Phi) is 3.62. The molecule has 3 rings (SSSR count). The number of nitrogens with zero attached hydrogens (tertiary/aromatic N) is 1. The van der Waals surface area contributed by atoms with Crippen LogP contribution in [0.25, 0.3) is 10.8 Å². The van der Waals surface area contributed by atoms with E-state index in [4.69, 9.17) is 15.2 Å². The molecule has 19 heavy (non-hydrogen) atoms. The van der Waals surface area contributed by atoms with Gasteiger partial charge in [0.15, 0.2) is 0 Å². The number of rotatable bonds is 3. The molecule has 0 bridgehead atoms. The fourth-order valence-corrected chi connectivity index (χ4v) is 2.43. The Morgan fingerprint density at radius 2 is 1.95 bits per heavy atom. The largest absolute Gasteiger partial charge is 0.474 e. The molecule has 4 nitrogen and oxygen atoms in total. The summed E-state index contributed by atoms with van der Waals surface area (Å²) in [5, 5.41) is 2.17. The molecule has 2 heterocycles. The molecule has 100 valence electrons. The number of benzene rings is 1. The van der Waals surface area contributed by atoms with Crippen LogP contribution in [0, 0.1) is 0 Å². The third-order valence-electron chi connectivity index (χ3n) is 3.51. The van der Waals surface area contributed by atoms with Crippen LogP contribution in [0.3, 0.4) is 0 Å². The van der Waals surface area contributed by atoms with Crippen molar-refractivity contribution in [2.75, 3.05) is 13.2 Å². The van der Waals surface area contributed by atoms with Gasteiger partial charge in [-0.15, -0.1) is 0 Å². The van der Waals surface area contributed by atoms with E-state index < -0.39 is 0 Å². The van der Waals surface area contributed by atoms with Crippen LogP contribution in [0.15, 0.2) is 30.5 Å². The van der Waals surface area contributed by atoms with Crippen LogP contribution in [0.4, 0.5) is 0 Å². The van der Waals surface area contributed by atoms with Gasteiger partial charge in [-0.05, 0) is 17.0 Å². The van der Waals surface area contributed by atoms with Crippen LogP contribution < -0.4 is 10.5 Å². The Hall–Kier alpha value is -1.65. The summed E-state index contributed by atoms with van der Waals surface area (Å²) < 4.78 is 11.4. The Labute approximate surface area is 112 Å². The second kappa shape index (κ2) is 5.55. The van der Waals surface area contributed by atoms with Crippen molar-refractivity contribution in [1.82, 2.24) is 4.98 Å².